The molecule has 1 N–H and O–H groups in total. The maximum atomic E-state index is 11.9. The van der Waals surface area contributed by atoms with Crippen molar-refractivity contribution in [2.45, 2.75) is 19.3 Å². The van der Waals surface area contributed by atoms with E-state index in [9.17, 15) is 14.9 Å². The molecule has 0 saturated carbocycles. The van der Waals surface area contributed by atoms with Crippen LogP contribution in [-0.4, -0.2) is 35.4 Å². The minimum atomic E-state index is -0.414. The van der Waals surface area contributed by atoms with E-state index in [1.807, 2.05) is 4.90 Å². The molecule has 1 saturated heterocycles. The van der Waals surface area contributed by atoms with Crippen LogP contribution in [-0.2, 0) is 4.79 Å². The molecule has 0 spiro atoms. The molecule has 7 heteroatoms. The van der Waals surface area contributed by atoms with Crippen molar-refractivity contribution >= 4 is 39.9 Å². The number of likely N-dealkylation sites (tertiary alicyclic amines) is 1. The number of anilines is 1. The molecule has 0 unspecified atom stereocenters. The molecule has 0 atom stereocenters. The van der Waals surface area contributed by atoms with Gasteiger partial charge in [-0.05, 0) is 41.5 Å². The highest BCUT2D eigenvalue weighted by molar-refractivity contribution is 14.1. The Kier molecular flexibility index (Phi) is 5.16. The molecule has 6 nitrogen and oxygen atoms in total. The van der Waals surface area contributed by atoms with Gasteiger partial charge in [0.1, 0.15) is 0 Å². The summed E-state index contributed by atoms with van der Waals surface area (Å²) >= 11 is 2.05. The number of nitro groups is 1. The van der Waals surface area contributed by atoms with E-state index in [4.69, 9.17) is 0 Å². The smallest absolute Gasteiger partial charge is 0.270 e. The Balaban J connectivity index is 1.84. The zero-order valence-corrected chi connectivity index (χ0v) is 13.1. The first-order chi connectivity index (χ1) is 9.58. The van der Waals surface area contributed by atoms with Crippen LogP contribution in [0.5, 0.6) is 0 Å². The van der Waals surface area contributed by atoms with E-state index in [1.165, 1.54) is 12.1 Å². The molecule has 1 aliphatic rings. The number of carbonyl (C=O) groups excluding carboxylic acids is 1. The Morgan fingerprint density at radius 3 is 2.70 bits per heavy atom. The van der Waals surface area contributed by atoms with Crippen molar-refractivity contribution in [1.82, 2.24) is 4.90 Å². The summed E-state index contributed by atoms with van der Waals surface area (Å²) in [5.41, 5.74) is 0.901. The molecule has 2 rings (SSSR count). The molecule has 1 heterocycles. The van der Waals surface area contributed by atoms with Crippen LogP contribution in [0.25, 0.3) is 0 Å². The van der Waals surface area contributed by atoms with Crippen LogP contribution in [0.4, 0.5) is 11.4 Å². The first-order valence-corrected chi connectivity index (χ1v) is 7.61. The predicted molar refractivity (Wildman–Crippen MR) is 84.7 cm³/mol. The number of non-ortho nitro benzene ring substituents is 1. The normalized spacial score (nSPS) is 14.3. The van der Waals surface area contributed by atoms with Gasteiger partial charge in [0.25, 0.3) is 5.69 Å². The van der Waals surface area contributed by atoms with Crippen LogP contribution < -0.4 is 5.32 Å². The summed E-state index contributed by atoms with van der Waals surface area (Å²) in [7, 11) is 0. The van der Waals surface area contributed by atoms with Crippen molar-refractivity contribution in [3.05, 3.63) is 31.9 Å². The van der Waals surface area contributed by atoms with Crippen molar-refractivity contribution in [2.24, 2.45) is 0 Å². The Hall–Kier alpha value is -1.38. The minimum Gasteiger partial charge on any atom is -0.384 e. The standard InChI is InChI=1S/C13H16IN3O3/c14-11-9-10(17(19)20)3-4-12(11)15-6-5-13(18)16-7-1-2-8-16/h3-4,9,15H,1-2,5-8H2. The summed E-state index contributed by atoms with van der Waals surface area (Å²) in [6.07, 6.45) is 2.64. The molecule has 0 aromatic heterocycles. The second-order valence-electron chi connectivity index (χ2n) is 4.69. The third-order valence-corrected chi connectivity index (χ3v) is 4.17. The van der Waals surface area contributed by atoms with Crippen molar-refractivity contribution in [3.8, 4) is 0 Å². The first kappa shape index (κ1) is 15.0. The molecule has 1 aliphatic heterocycles. The van der Waals surface area contributed by atoms with Gasteiger partial charge in [-0.25, -0.2) is 0 Å². The largest absolute Gasteiger partial charge is 0.384 e. The lowest BCUT2D eigenvalue weighted by molar-refractivity contribution is -0.384. The molecular formula is C13H16IN3O3. The fourth-order valence-corrected chi connectivity index (χ4v) is 2.88. The van der Waals surface area contributed by atoms with E-state index in [-0.39, 0.29) is 11.6 Å². The lowest BCUT2D eigenvalue weighted by Crippen LogP contribution is -2.29. The van der Waals surface area contributed by atoms with Crippen LogP contribution >= 0.6 is 22.6 Å². The average molecular weight is 389 g/mol. The Bertz CT molecular complexity index is 516. The van der Waals surface area contributed by atoms with Crippen molar-refractivity contribution < 1.29 is 9.72 Å². The van der Waals surface area contributed by atoms with Gasteiger partial charge in [0.2, 0.25) is 5.91 Å². The van der Waals surface area contributed by atoms with Gasteiger partial charge in [-0.2, -0.15) is 0 Å². The number of nitro benzene ring substituents is 1. The second-order valence-corrected chi connectivity index (χ2v) is 5.85. The predicted octanol–water partition coefficient (Wildman–Crippen LogP) is 2.62. The molecule has 1 aromatic carbocycles. The van der Waals surface area contributed by atoms with E-state index in [2.05, 4.69) is 27.9 Å². The second kappa shape index (κ2) is 6.87. The quantitative estimate of drug-likeness (QED) is 0.477. The molecule has 0 bridgehead atoms. The van der Waals surface area contributed by atoms with Crippen LogP contribution in [0.1, 0.15) is 19.3 Å². The monoisotopic (exact) mass is 389 g/mol. The van der Waals surface area contributed by atoms with Crippen molar-refractivity contribution in [2.75, 3.05) is 25.0 Å². The number of halogens is 1. The number of benzene rings is 1. The van der Waals surface area contributed by atoms with E-state index < -0.39 is 4.92 Å². The fraction of sp³-hybridized carbons (Fsp3) is 0.462. The fourth-order valence-electron chi connectivity index (χ4n) is 2.19. The number of carbonyl (C=O) groups is 1. The molecule has 0 aliphatic carbocycles. The molecular weight excluding hydrogens is 373 g/mol. The molecule has 1 aromatic rings. The van der Waals surface area contributed by atoms with Gasteiger partial charge in [0.15, 0.2) is 0 Å². The van der Waals surface area contributed by atoms with Crippen LogP contribution in [0.2, 0.25) is 0 Å². The molecule has 20 heavy (non-hydrogen) atoms. The average Bonchev–Trinajstić information content (AvgIpc) is 2.94. The van der Waals surface area contributed by atoms with Gasteiger partial charge < -0.3 is 10.2 Å². The topological polar surface area (TPSA) is 75.5 Å². The number of nitrogens with zero attached hydrogens (tertiary/aromatic N) is 2. The van der Waals surface area contributed by atoms with Crippen LogP contribution in [0, 0.1) is 13.7 Å². The third-order valence-electron chi connectivity index (χ3n) is 3.28. The first-order valence-electron chi connectivity index (χ1n) is 6.53. The number of amides is 1. The highest BCUT2D eigenvalue weighted by Gasteiger charge is 2.17. The van der Waals surface area contributed by atoms with Gasteiger partial charge in [-0.15, -0.1) is 0 Å². The number of rotatable bonds is 5. The SMILES string of the molecule is O=C(CCNc1ccc([N+](=O)[O-])cc1I)N1CCCC1. The lowest BCUT2D eigenvalue weighted by atomic mass is 10.2. The Morgan fingerprint density at radius 2 is 2.10 bits per heavy atom. The summed E-state index contributed by atoms with van der Waals surface area (Å²) in [4.78, 5) is 24.0. The molecule has 0 radical (unpaired) electrons. The maximum absolute atomic E-state index is 11.9. The van der Waals surface area contributed by atoms with E-state index in [0.29, 0.717) is 13.0 Å². The highest BCUT2D eigenvalue weighted by Crippen LogP contribution is 2.23. The van der Waals surface area contributed by atoms with Gasteiger partial charge in [-0.1, -0.05) is 0 Å². The van der Waals surface area contributed by atoms with Gasteiger partial charge >= 0.3 is 0 Å². The number of hydrogen-bond acceptors (Lipinski definition) is 4. The van der Waals surface area contributed by atoms with Crippen molar-refractivity contribution in [3.63, 3.8) is 0 Å². The summed E-state index contributed by atoms with van der Waals surface area (Å²) in [6.45, 7) is 2.28. The summed E-state index contributed by atoms with van der Waals surface area (Å²) in [5.74, 6) is 0.173. The molecule has 1 amide bonds. The van der Waals surface area contributed by atoms with E-state index >= 15 is 0 Å². The van der Waals surface area contributed by atoms with Crippen LogP contribution in [0.3, 0.4) is 0 Å². The van der Waals surface area contributed by atoms with Crippen molar-refractivity contribution in [1.29, 1.82) is 0 Å². The van der Waals surface area contributed by atoms with E-state index in [0.717, 1.165) is 35.2 Å². The maximum Gasteiger partial charge on any atom is 0.270 e. The highest BCUT2D eigenvalue weighted by atomic mass is 127. The number of hydrogen-bond donors (Lipinski definition) is 1. The van der Waals surface area contributed by atoms with Gasteiger partial charge in [0, 0.05) is 47.4 Å². The minimum absolute atomic E-state index is 0.0769. The Morgan fingerprint density at radius 1 is 1.40 bits per heavy atom. The lowest BCUT2D eigenvalue weighted by Gasteiger charge is -2.15. The zero-order chi connectivity index (χ0) is 14.5. The van der Waals surface area contributed by atoms with Crippen LogP contribution in [0.15, 0.2) is 18.2 Å². The number of nitrogens with one attached hydrogen (secondary N) is 1. The molecule has 1 fully saturated rings. The van der Waals surface area contributed by atoms with Gasteiger partial charge in [0.05, 0.1) is 4.92 Å². The van der Waals surface area contributed by atoms with E-state index in [1.54, 1.807) is 6.07 Å². The Labute approximate surface area is 130 Å². The molecule has 108 valence electrons. The summed E-state index contributed by atoms with van der Waals surface area (Å²) in [5, 5.41) is 13.8. The summed E-state index contributed by atoms with van der Waals surface area (Å²) in [6, 6.07) is 4.66. The third kappa shape index (κ3) is 3.81. The van der Waals surface area contributed by atoms with Gasteiger partial charge in [-0.3, -0.25) is 14.9 Å². The summed E-state index contributed by atoms with van der Waals surface area (Å²) < 4.78 is 0.783. The zero-order valence-electron chi connectivity index (χ0n) is 11.0.